The molecule has 0 bridgehead atoms. The number of rotatable bonds is 6. The highest BCUT2D eigenvalue weighted by Gasteiger charge is 2.10. The lowest BCUT2D eigenvalue weighted by Crippen LogP contribution is -1.97. The van der Waals surface area contributed by atoms with Crippen LogP contribution in [-0.2, 0) is 0 Å². The van der Waals surface area contributed by atoms with Crippen LogP contribution in [0.25, 0.3) is 0 Å². The van der Waals surface area contributed by atoms with E-state index in [0.717, 1.165) is 0 Å². The predicted octanol–water partition coefficient (Wildman–Crippen LogP) is 2.98. The van der Waals surface area contributed by atoms with Crippen molar-refractivity contribution in [2.75, 3.05) is 13.2 Å². The molecule has 0 aliphatic carbocycles. The average molecular weight is 364 g/mol. The summed E-state index contributed by atoms with van der Waals surface area (Å²) in [6.07, 6.45) is 0. The largest absolute Gasteiger partial charge is 0.507 e. The summed E-state index contributed by atoms with van der Waals surface area (Å²) >= 11 is 0. The molecule has 0 radical (unpaired) electrons. The van der Waals surface area contributed by atoms with Crippen molar-refractivity contribution in [3.05, 3.63) is 47.5 Å². The second kappa shape index (κ2) is 9.77. The second-order valence-electron chi connectivity index (χ2n) is 4.83. The molecule has 0 fully saturated rings. The monoisotopic (exact) mass is 364 g/mol. The van der Waals surface area contributed by atoms with Crippen LogP contribution in [0.2, 0.25) is 0 Å². The van der Waals surface area contributed by atoms with Crippen LogP contribution in [0.1, 0.15) is 34.6 Å². The molecule has 0 aromatic heterocycles. The van der Waals surface area contributed by atoms with Crippen LogP contribution in [0.3, 0.4) is 0 Å². The lowest BCUT2D eigenvalue weighted by atomic mass is 10.2. The van der Waals surface area contributed by atoms with Crippen LogP contribution in [0, 0.1) is 0 Å². The fourth-order valence-electron chi connectivity index (χ4n) is 1.90. The van der Waals surface area contributed by atoms with E-state index >= 15 is 0 Å². The highest BCUT2D eigenvalue weighted by Crippen LogP contribution is 2.24. The highest BCUT2D eigenvalue weighted by molar-refractivity contribution is 5.91. The second-order valence-corrected chi connectivity index (χ2v) is 4.83. The Morgan fingerprint density at radius 1 is 0.769 bits per heavy atom. The van der Waals surface area contributed by atoms with Crippen molar-refractivity contribution in [2.45, 2.75) is 13.8 Å². The number of carboxylic acids is 2. The normalized spacial score (nSPS) is 9.62. The van der Waals surface area contributed by atoms with E-state index < -0.39 is 11.9 Å². The third kappa shape index (κ3) is 5.90. The molecule has 140 valence electrons. The Morgan fingerprint density at radius 2 is 1.12 bits per heavy atom. The van der Waals surface area contributed by atoms with Crippen LogP contribution >= 0.6 is 0 Å². The van der Waals surface area contributed by atoms with E-state index in [2.05, 4.69) is 0 Å². The van der Waals surface area contributed by atoms with Gasteiger partial charge < -0.3 is 29.9 Å². The number of phenols is 2. The van der Waals surface area contributed by atoms with Gasteiger partial charge in [-0.2, -0.15) is 0 Å². The van der Waals surface area contributed by atoms with Gasteiger partial charge in [0.15, 0.2) is 0 Å². The smallest absolute Gasteiger partial charge is 0.339 e. The molecule has 0 saturated carbocycles. The minimum Gasteiger partial charge on any atom is -0.507 e. The van der Waals surface area contributed by atoms with Crippen LogP contribution in [0.4, 0.5) is 0 Å². The van der Waals surface area contributed by atoms with Crippen molar-refractivity contribution in [1.82, 2.24) is 0 Å². The van der Waals surface area contributed by atoms with Gasteiger partial charge in [-0.15, -0.1) is 0 Å². The van der Waals surface area contributed by atoms with E-state index in [0.29, 0.717) is 24.7 Å². The first-order valence-electron chi connectivity index (χ1n) is 7.68. The molecule has 2 aromatic rings. The van der Waals surface area contributed by atoms with Crippen molar-refractivity contribution in [2.24, 2.45) is 0 Å². The van der Waals surface area contributed by atoms with Gasteiger partial charge in [-0.05, 0) is 38.1 Å². The molecule has 0 heterocycles. The number of benzene rings is 2. The first-order valence-corrected chi connectivity index (χ1v) is 7.68. The number of carbonyl (C=O) groups is 2. The molecule has 0 amide bonds. The first-order chi connectivity index (χ1) is 12.3. The van der Waals surface area contributed by atoms with Gasteiger partial charge in [0.25, 0.3) is 0 Å². The molecule has 0 saturated heterocycles. The third-order valence-electron chi connectivity index (χ3n) is 3.02. The summed E-state index contributed by atoms with van der Waals surface area (Å²) in [5.74, 6) is -1.94. The maximum Gasteiger partial charge on any atom is 0.339 e. The van der Waals surface area contributed by atoms with Gasteiger partial charge in [0.05, 0.1) is 13.2 Å². The molecule has 4 N–H and O–H groups in total. The molecule has 0 unspecified atom stereocenters. The average Bonchev–Trinajstić information content (AvgIpc) is 2.55. The zero-order valence-corrected chi connectivity index (χ0v) is 14.3. The number of hydrogen-bond donors (Lipinski definition) is 4. The molecule has 8 heteroatoms. The van der Waals surface area contributed by atoms with E-state index in [1.807, 2.05) is 13.8 Å². The Hall–Kier alpha value is -3.42. The zero-order chi connectivity index (χ0) is 19.7. The Balaban J connectivity index is 0.000000260. The van der Waals surface area contributed by atoms with Crippen molar-refractivity contribution in [3.63, 3.8) is 0 Å². The number of aromatic hydroxyl groups is 2. The van der Waals surface area contributed by atoms with E-state index in [4.69, 9.17) is 19.7 Å². The topological polar surface area (TPSA) is 134 Å². The molecule has 0 aliphatic rings. The van der Waals surface area contributed by atoms with Gasteiger partial charge >= 0.3 is 11.9 Å². The maximum absolute atomic E-state index is 10.5. The van der Waals surface area contributed by atoms with Gasteiger partial charge in [0.2, 0.25) is 0 Å². The summed E-state index contributed by atoms with van der Waals surface area (Å²) in [4.78, 5) is 21.0. The minimum absolute atomic E-state index is 0.122. The summed E-state index contributed by atoms with van der Waals surface area (Å²) in [5, 5.41) is 35.6. The Morgan fingerprint density at radius 3 is 1.35 bits per heavy atom. The molecule has 2 rings (SSSR count). The molecular formula is C18H20O8. The highest BCUT2D eigenvalue weighted by atomic mass is 16.5. The third-order valence-corrected chi connectivity index (χ3v) is 3.02. The Kier molecular flexibility index (Phi) is 7.75. The first kappa shape index (κ1) is 20.6. The van der Waals surface area contributed by atoms with Crippen molar-refractivity contribution < 1.29 is 39.5 Å². The SMILES string of the molecule is CCOc1ccc(C(=O)O)c(O)c1.CCOc1ccc(C(=O)O)c(O)c1. The molecule has 0 aliphatic heterocycles. The molecule has 0 atom stereocenters. The van der Waals surface area contributed by atoms with E-state index in [1.54, 1.807) is 0 Å². The lowest BCUT2D eigenvalue weighted by molar-refractivity contribution is 0.0682. The van der Waals surface area contributed by atoms with E-state index in [1.165, 1.54) is 36.4 Å². The summed E-state index contributed by atoms with van der Waals surface area (Å²) in [7, 11) is 0. The van der Waals surface area contributed by atoms with Crippen LogP contribution in [-0.4, -0.2) is 45.6 Å². The van der Waals surface area contributed by atoms with Crippen molar-refractivity contribution in [3.8, 4) is 23.0 Å². The molecular weight excluding hydrogens is 344 g/mol. The van der Waals surface area contributed by atoms with Crippen LogP contribution < -0.4 is 9.47 Å². The van der Waals surface area contributed by atoms with Gasteiger partial charge in [-0.1, -0.05) is 0 Å². The number of aromatic carboxylic acids is 2. The zero-order valence-electron chi connectivity index (χ0n) is 14.3. The van der Waals surface area contributed by atoms with E-state index in [-0.39, 0.29) is 22.6 Å². The van der Waals surface area contributed by atoms with Crippen LogP contribution in [0.5, 0.6) is 23.0 Å². The predicted molar refractivity (Wildman–Crippen MR) is 92.5 cm³/mol. The quantitative estimate of drug-likeness (QED) is 0.615. The van der Waals surface area contributed by atoms with Gasteiger partial charge in [-0.25, -0.2) is 9.59 Å². The summed E-state index contributed by atoms with van der Waals surface area (Å²) in [6, 6.07) is 8.20. The molecule has 26 heavy (non-hydrogen) atoms. The fraction of sp³-hybridized carbons (Fsp3) is 0.222. The molecule has 0 spiro atoms. The van der Waals surface area contributed by atoms with E-state index in [9.17, 15) is 19.8 Å². The number of ether oxygens (including phenoxy) is 2. The summed E-state index contributed by atoms with van der Waals surface area (Å²) in [6.45, 7) is 4.57. The fourth-order valence-corrected chi connectivity index (χ4v) is 1.90. The molecule has 2 aromatic carbocycles. The van der Waals surface area contributed by atoms with Gasteiger partial charge in [0.1, 0.15) is 34.1 Å². The van der Waals surface area contributed by atoms with Gasteiger partial charge in [0, 0.05) is 12.1 Å². The Bertz CT molecular complexity index is 704. The number of carboxylic acid groups (broad SMARTS) is 2. The standard InChI is InChI=1S/2C9H10O4/c2*1-2-13-6-3-4-7(9(11)12)8(10)5-6/h2*3-5,10H,2H2,1H3,(H,11,12). The minimum atomic E-state index is -1.15. The number of hydrogen-bond acceptors (Lipinski definition) is 6. The Labute approximate surface area is 149 Å². The summed E-state index contributed by atoms with van der Waals surface area (Å²) < 4.78 is 10.1. The maximum atomic E-state index is 10.5. The van der Waals surface area contributed by atoms with Crippen molar-refractivity contribution >= 4 is 11.9 Å². The van der Waals surface area contributed by atoms with Crippen molar-refractivity contribution in [1.29, 1.82) is 0 Å². The van der Waals surface area contributed by atoms with Gasteiger partial charge in [-0.3, -0.25) is 0 Å². The lowest BCUT2D eigenvalue weighted by Gasteiger charge is -2.04. The summed E-state index contributed by atoms with van der Waals surface area (Å²) in [5.41, 5.74) is -0.244. The van der Waals surface area contributed by atoms with Crippen LogP contribution in [0.15, 0.2) is 36.4 Å². The molecule has 8 nitrogen and oxygen atoms in total.